The molecule has 16 heavy (non-hydrogen) atoms. The number of imidazole rings is 1. The SMILES string of the molecule is [2H]C1([2H])OC([2H])([2H])C([2H])([2H])N(CCn2cncc2[N+](=O)[O-])C1([2H])[2H]. The van der Waals surface area contributed by atoms with Crippen LogP contribution < -0.4 is 0 Å². The minimum atomic E-state index is -3.14. The fourth-order valence-corrected chi connectivity index (χ4v) is 1.17. The van der Waals surface area contributed by atoms with Gasteiger partial charge in [-0.15, -0.1) is 0 Å². The number of nitro groups is 1. The summed E-state index contributed by atoms with van der Waals surface area (Å²) in [6.45, 7) is -13.2. The van der Waals surface area contributed by atoms with E-state index in [-0.39, 0.29) is 6.54 Å². The highest BCUT2D eigenvalue weighted by atomic mass is 16.6. The molecule has 0 N–H and O–H groups in total. The van der Waals surface area contributed by atoms with E-state index in [1.807, 2.05) is 0 Å². The van der Waals surface area contributed by atoms with Gasteiger partial charge in [0.1, 0.15) is 12.7 Å². The van der Waals surface area contributed by atoms with Gasteiger partial charge < -0.3 is 14.9 Å². The zero-order valence-corrected chi connectivity index (χ0v) is 8.08. The van der Waals surface area contributed by atoms with Crippen LogP contribution >= 0.6 is 0 Å². The van der Waals surface area contributed by atoms with Crippen LogP contribution in [-0.4, -0.2) is 52.0 Å². The second-order valence-corrected chi connectivity index (χ2v) is 2.88. The van der Waals surface area contributed by atoms with Gasteiger partial charge >= 0.3 is 5.82 Å². The molecule has 1 aliphatic rings. The lowest BCUT2D eigenvalue weighted by atomic mass is 10.4. The van der Waals surface area contributed by atoms with E-state index < -0.39 is 43.4 Å². The van der Waals surface area contributed by atoms with Gasteiger partial charge in [-0.1, -0.05) is 0 Å². The molecular formula is C9H14N4O3. The average molecular weight is 234 g/mol. The second-order valence-electron chi connectivity index (χ2n) is 2.88. The number of aromatic nitrogens is 2. The summed E-state index contributed by atoms with van der Waals surface area (Å²) < 4.78 is 66.8. The Morgan fingerprint density at radius 2 is 2.31 bits per heavy atom. The molecule has 0 amide bonds. The minimum Gasteiger partial charge on any atom is -0.379 e. The van der Waals surface area contributed by atoms with E-state index >= 15 is 0 Å². The lowest BCUT2D eigenvalue weighted by Crippen LogP contribution is -2.38. The first-order chi connectivity index (χ1) is 10.7. The lowest BCUT2D eigenvalue weighted by Gasteiger charge is -2.25. The third-order valence-corrected chi connectivity index (χ3v) is 1.91. The van der Waals surface area contributed by atoms with E-state index in [0.29, 0.717) is 4.90 Å². The van der Waals surface area contributed by atoms with Crippen molar-refractivity contribution in [2.24, 2.45) is 0 Å². The average Bonchev–Trinajstić information content (AvgIpc) is 2.84. The van der Waals surface area contributed by atoms with Gasteiger partial charge in [0.05, 0.1) is 18.6 Å². The quantitative estimate of drug-likeness (QED) is 0.546. The van der Waals surface area contributed by atoms with Crippen molar-refractivity contribution in [3.63, 3.8) is 0 Å². The number of morpholine rings is 1. The lowest BCUT2D eigenvalue weighted by molar-refractivity contribution is -0.392. The van der Waals surface area contributed by atoms with Gasteiger partial charge in [0.25, 0.3) is 0 Å². The Bertz CT molecular complexity index is 622. The normalized spacial score (nSPS) is 37.5. The highest BCUT2D eigenvalue weighted by molar-refractivity contribution is 5.14. The first-order valence-corrected chi connectivity index (χ1v) is 4.36. The molecule has 0 unspecified atom stereocenters. The topological polar surface area (TPSA) is 73.4 Å². The molecule has 7 heteroatoms. The Morgan fingerprint density at radius 1 is 1.56 bits per heavy atom. The van der Waals surface area contributed by atoms with Crippen molar-refractivity contribution in [1.82, 2.24) is 14.5 Å². The molecule has 0 aliphatic carbocycles. The fraction of sp³-hybridized carbons (Fsp3) is 0.667. The predicted molar refractivity (Wildman–Crippen MR) is 56.1 cm³/mol. The number of nitrogens with zero attached hydrogens (tertiary/aromatic N) is 4. The molecular weight excluding hydrogens is 212 g/mol. The molecule has 1 fully saturated rings. The number of hydrogen-bond donors (Lipinski definition) is 0. The third-order valence-electron chi connectivity index (χ3n) is 1.91. The Balaban J connectivity index is 2.34. The molecule has 0 bridgehead atoms. The van der Waals surface area contributed by atoms with Crippen LogP contribution in [0, 0.1) is 10.1 Å². The second kappa shape index (κ2) is 5.04. The maximum atomic E-state index is 10.8. The maximum Gasteiger partial charge on any atom is 0.342 e. The number of rotatable bonds is 4. The van der Waals surface area contributed by atoms with Gasteiger partial charge in [-0.2, -0.15) is 0 Å². The van der Waals surface area contributed by atoms with Crippen LogP contribution in [0.2, 0.25) is 0 Å². The maximum absolute atomic E-state index is 10.8. The molecule has 88 valence electrons. The molecule has 0 spiro atoms. The predicted octanol–water partition coefficient (Wildman–Crippen LogP) is 0.123. The fourth-order valence-electron chi connectivity index (χ4n) is 1.17. The van der Waals surface area contributed by atoms with Gasteiger partial charge in [-0.25, -0.2) is 9.55 Å². The van der Waals surface area contributed by atoms with E-state index in [1.165, 1.54) is 0 Å². The van der Waals surface area contributed by atoms with Gasteiger partial charge in [0, 0.05) is 25.0 Å². The van der Waals surface area contributed by atoms with E-state index in [1.54, 1.807) is 0 Å². The van der Waals surface area contributed by atoms with Crippen molar-refractivity contribution in [2.75, 3.05) is 32.7 Å². The Labute approximate surface area is 104 Å². The molecule has 0 aromatic carbocycles. The van der Waals surface area contributed by atoms with Crippen LogP contribution in [0.1, 0.15) is 11.0 Å². The smallest absolute Gasteiger partial charge is 0.342 e. The summed E-state index contributed by atoms with van der Waals surface area (Å²) in [6.07, 6.45) is 2.05. The Hall–Kier alpha value is -1.47. The van der Waals surface area contributed by atoms with Crippen molar-refractivity contribution in [1.29, 1.82) is 0 Å². The van der Waals surface area contributed by atoms with Gasteiger partial charge in [0.2, 0.25) is 0 Å². The van der Waals surface area contributed by atoms with Crippen LogP contribution in [0.5, 0.6) is 0 Å². The van der Waals surface area contributed by atoms with E-state index in [9.17, 15) is 10.1 Å². The van der Waals surface area contributed by atoms with Crippen molar-refractivity contribution in [3.8, 4) is 0 Å². The molecule has 1 aromatic heterocycles. The standard InChI is InChI=1S/C9H14N4O3/c14-13(15)9-7-10-8-12(9)2-1-11-3-5-16-6-4-11/h7-8H,1-6H2/i3D2,4D2,5D2,6D2. The van der Waals surface area contributed by atoms with Crippen LogP contribution in [0.25, 0.3) is 0 Å². The monoisotopic (exact) mass is 234 g/mol. The molecule has 0 radical (unpaired) electrons. The Kier molecular flexibility index (Phi) is 1.51. The highest BCUT2D eigenvalue weighted by Gasteiger charge is 2.15. The molecule has 0 atom stereocenters. The molecule has 1 saturated heterocycles. The van der Waals surface area contributed by atoms with E-state index in [2.05, 4.69) is 9.72 Å². The summed E-state index contributed by atoms with van der Waals surface area (Å²) in [5.41, 5.74) is 0. The van der Waals surface area contributed by atoms with E-state index in [4.69, 9.17) is 11.0 Å². The van der Waals surface area contributed by atoms with Gasteiger partial charge in [-0.05, 0) is 4.92 Å². The molecule has 0 saturated carbocycles. The van der Waals surface area contributed by atoms with Gasteiger partial charge in [0.15, 0.2) is 6.33 Å². The molecule has 1 aromatic rings. The summed E-state index contributed by atoms with van der Waals surface area (Å²) in [7, 11) is 0. The zero-order chi connectivity index (χ0) is 18.6. The first kappa shape index (κ1) is 4.80. The van der Waals surface area contributed by atoms with Crippen LogP contribution in [-0.2, 0) is 11.3 Å². The van der Waals surface area contributed by atoms with Crippen LogP contribution in [0.4, 0.5) is 5.82 Å². The van der Waals surface area contributed by atoms with Crippen LogP contribution in [0.3, 0.4) is 0 Å². The van der Waals surface area contributed by atoms with Crippen molar-refractivity contribution in [3.05, 3.63) is 22.6 Å². The largest absolute Gasteiger partial charge is 0.379 e. The summed E-state index contributed by atoms with van der Waals surface area (Å²) >= 11 is 0. The summed E-state index contributed by atoms with van der Waals surface area (Å²) in [5.74, 6) is -0.407. The zero-order valence-electron chi connectivity index (χ0n) is 16.1. The molecule has 1 aliphatic heterocycles. The highest BCUT2D eigenvalue weighted by Crippen LogP contribution is 2.09. The van der Waals surface area contributed by atoms with Gasteiger partial charge in [-0.3, -0.25) is 4.90 Å². The Morgan fingerprint density at radius 3 is 3.00 bits per heavy atom. The summed E-state index contributed by atoms with van der Waals surface area (Å²) in [4.78, 5) is 14.0. The van der Waals surface area contributed by atoms with Crippen molar-refractivity contribution in [2.45, 2.75) is 6.54 Å². The summed E-state index contributed by atoms with van der Waals surface area (Å²) in [6, 6.07) is 0. The summed E-state index contributed by atoms with van der Waals surface area (Å²) in [5, 5.41) is 10.8. The third kappa shape index (κ3) is 2.56. The number of hydrogen-bond acceptors (Lipinski definition) is 5. The van der Waals surface area contributed by atoms with E-state index in [0.717, 1.165) is 17.1 Å². The van der Waals surface area contributed by atoms with Crippen LogP contribution in [0.15, 0.2) is 12.5 Å². The molecule has 2 heterocycles. The van der Waals surface area contributed by atoms with Crippen molar-refractivity contribution >= 4 is 5.82 Å². The van der Waals surface area contributed by atoms with Crippen molar-refractivity contribution < 1.29 is 20.6 Å². The minimum absolute atomic E-state index is 0.304. The molecule has 7 nitrogen and oxygen atoms in total. The molecule has 2 rings (SSSR count). The number of ether oxygens (including phenoxy) is 1. The first-order valence-electron chi connectivity index (χ1n) is 8.36.